The molecule has 0 aliphatic heterocycles. The van der Waals surface area contributed by atoms with Gasteiger partial charge in [-0.2, -0.15) is 5.26 Å². The van der Waals surface area contributed by atoms with Gasteiger partial charge in [0.05, 0.1) is 18.2 Å². The van der Waals surface area contributed by atoms with E-state index in [1.807, 2.05) is 6.92 Å². The second-order valence-electron chi connectivity index (χ2n) is 3.42. The molecule has 0 unspecified atom stereocenters. The summed E-state index contributed by atoms with van der Waals surface area (Å²) in [4.78, 5) is 0. The average Bonchev–Trinajstić information content (AvgIpc) is 2.41. The third kappa shape index (κ3) is 3.91. The summed E-state index contributed by atoms with van der Waals surface area (Å²) in [6.07, 6.45) is -0.435. The molecular weight excluding hydrogens is 234 g/mol. The minimum atomic E-state index is -0.435. The van der Waals surface area contributed by atoms with Crippen LogP contribution in [0.4, 0.5) is 0 Å². The van der Waals surface area contributed by atoms with Gasteiger partial charge in [-0.1, -0.05) is 0 Å². The maximum atomic E-state index is 8.83. The van der Waals surface area contributed by atoms with E-state index in [2.05, 4.69) is 6.07 Å². The van der Waals surface area contributed by atoms with E-state index in [4.69, 9.17) is 24.2 Å². The van der Waals surface area contributed by atoms with Crippen LogP contribution in [0.15, 0.2) is 18.2 Å². The number of hydrogen-bond donors (Lipinski definition) is 0. The largest absolute Gasteiger partial charge is 0.490 e. The van der Waals surface area contributed by atoms with Crippen LogP contribution < -0.4 is 9.47 Å². The highest BCUT2D eigenvalue weighted by Gasteiger charge is 2.10. The lowest BCUT2D eigenvalue weighted by Gasteiger charge is -2.16. The number of benzene rings is 1. The summed E-state index contributed by atoms with van der Waals surface area (Å²) >= 11 is 0. The standard InChI is InChI=1S/C13H17NO4/c1-4-17-12-7-10(8-14)5-6-11(12)18-9-13(15-2)16-3/h5-7,13H,4,9H2,1-3H3. The van der Waals surface area contributed by atoms with Crippen LogP contribution in [0.5, 0.6) is 11.5 Å². The van der Waals surface area contributed by atoms with Crippen LogP contribution in [-0.2, 0) is 9.47 Å². The fourth-order valence-electron chi connectivity index (χ4n) is 1.36. The Balaban J connectivity index is 2.78. The van der Waals surface area contributed by atoms with E-state index in [0.717, 1.165) is 0 Å². The molecule has 0 aliphatic carbocycles. The maximum Gasteiger partial charge on any atom is 0.191 e. The molecule has 0 N–H and O–H groups in total. The number of nitriles is 1. The van der Waals surface area contributed by atoms with Crippen LogP contribution in [-0.4, -0.2) is 33.7 Å². The molecule has 0 spiro atoms. The molecular formula is C13H17NO4. The van der Waals surface area contributed by atoms with Crippen LogP contribution in [0.25, 0.3) is 0 Å². The summed E-state index contributed by atoms with van der Waals surface area (Å²) in [5.74, 6) is 1.11. The van der Waals surface area contributed by atoms with Gasteiger partial charge >= 0.3 is 0 Å². The van der Waals surface area contributed by atoms with Crippen LogP contribution in [0.1, 0.15) is 12.5 Å². The Morgan fingerprint density at radius 1 is 1.17 bits per heavy atom. The molecule has 0 saturated heterocycles. The SMILES string of the molecule is CCOc1cc(C#N)ccc1OCC(OC)OC. The number of methoxy groups -OCH3 is 2. The molecule has 0 atom stereocenters. The van der Waals surface area contributed by atoms with Gasteiger partial charge in [-0.05, 0) is 19.1 Å². The molecule has 0 aliphatic rings. The molecule has 5 heteroatoms. The third-order valence-electron chi connectivity index (χ3n) is 2.27. The highest BCUT2D eigenvalue weighted by atomic mass is 16.7. The monoisotopic (exact) mass is 251 g/mol. The molecule has 0 bridgehead atoms. The van der Waals surface area contributed by atoms with E-state index in [1.54, 1.807) is 32.4 Å². The highest BCUT2D eigenvalue weighted by molar-refractivity contribution is 5.46. The lowest BCUT2D eigenvalue weighted by atomic mass is 10.2. The van der Waals surface area contributed by atoms with Crippen LogP contribution in [0.3, 0.4) is 0 Å². The molecule has 1 aromatic carbocycles. The molecule has 98 valence electrons. The van der Waals surface area contributed by atoms with Gasteiger partial charge < -0.3 is 18.9 Å². The van der Waals surface area contributed by atoms with Crippen LogP contribution in [0.2, 0.25) is 0 Å². The van der Waals surface area contributed by atoms with Gasteiger partial charge in [0.15, 0.2) is 17.8 Å². The van der Waals surface area contributed by atoms with Crippen molar-refractivity contribution in [3.05, 3.63) is 23.8 Å². The topological polar surface area (TPSA) is 60.7 Å². The van der Waals surface area contributed by atoms with Gasteiger partial charge in [-0.15, -0.1) is 0 Å². The Morgan fingerprint density at radius 2 is 1.89 bits per heavy atom. The summed E-state index contributed by atoms with van der Waals surface area (Å²) in [6.45, 7) is 2.62. The zero-order valence-corrected chi connectivity index (χ0v) is 10.8. The number of ether oxygens (including phenoxy) is 4. The van der Waals surface area contributed by atoms with Crippen molar-refractivity contribution >= 4 is 0 Å². The van der Waals surface area contributed by atoms with Crippen molar-refractivity contribution in [2.45, 2.75) is 13.2 Å². The fourth-order valence-corrected chi connectivity index (χ4v) is 1.36. The van der Waals surface area contributed by atoms with Crippen molar-refractivity contribution in [2.24, 2.45) is 0 Å². The second kappa shape index (κ2) is 7.54. The Labute approximate surface area is 107 Å². The Bertz CT molecular complexity index is 410. The second-order valence-corrected chi connectivity index (χ2v) is 3.42. The Kier molecular flexibility index (Phi) is 5.98. The van der Waals surface area contributed by atoms with Crippen molar-refractivity contribution < 1.29 is 18.9 Å². The Hall–Kier alpha value is -1.77. The summed E-state index contributed by atoms with van der Waals surface area (Å²) in [7, 11) is 3.08. The normalized spacial score (nSPS) is 10.2. The molecule has 0 fully saturated rings. The fraction of sp³-hybridized carbons (Fsp3) is 0.462. The summed E-state index contributed by atoms with van der Waals surface area (Å²) < 4.78 is 21.0. The van der Waals surface area contributed by atoms with E-state index in [0.29, 0.717) is 23.7 Å². The first-order valence-corrected chi connectivity index (χ1v) is 5.60. The molecule has 1 rings (SSSR count). The lowest BCUT2D eigenvalue weighted by Crippen LogP contribution is -2.22. The number of hydrogen-bond acceptors (Lipinski definition) is 5. The molecule has 0 radical (unpaired) electrons. The van der Waals surface area contributed by atoms with Crippen LogP contribution >= 0.6 is 0 Å². The van der Waals surface area contributed by atoms with Gasteiger partial charge in [-0.25, -0.2) is 0 Å². The van der Waals surface area contributed by atoms with Crippen molar-refractivity contribution in [1.29, 1.82) is 5.26 Å². The van der Waals surface area contributed by atoms with Gasteiger partial charge in [0.25, 0.3) is 0 Å². The molecule has 0 saturated carbocycles. The highest BCUT2D eigenvalue weighted by Crippen LogP contribution is 2.28. The average molecular weight is 251 g/mol. The first kappa shape index (κ1) is 14.3. The maximum absolute atomic E-state index is 8.83. The van der Waals surface area contributed by atoms with Gasteiger partial charge in [0.2, 0.25) is 0 Å². The first-order valence-electron chi connectivity index (χ1n) is 5.60. The van der Waals surface area contributed by atoms with E-state index in [1.165, 1.54) is 0 Å². The minimum absolute atomic E-state index is 0.249. The minimum Gasteiger partial charge on any atom is -0.490 e. The number of rotatable bonds is 7. The molecule has 18 heavy (non-hydrogen) atoms. The van der Waals surface area contributed by atoms with Crippen molar-refractivity contribution in [2.75, 3.05) is 27.4 Å². The van der Waals surface area contributed by atoms with E-state index in [-0.39, 0.29) is 6.61 Å². The molecule has 0 heterocycles. The summed E-state index contributed by atoms with van der Waals surface area (Å²) in [6, 6.07) is 7.07. The first-order chi connectivity index (χ1) is 8.74. The summed E-state index contributed by atoms with van der Waals surface area (Å²) in [5, 5.41) is 8.83. The zero-order valence-electron chi connectivity index (χ0n) is 10.8. The smallest absolute Gasteiger partial charge is 0.191 e. The number of nitrogens with zero attached hydrogens (tertiary/aromatic N) is 1. The van der Waals surface area contributed by atoms with E-state index >= 15 is 0 Å². The lowest BCUT2D eigenvalue weighted by molar-refractivity contribution is -0.122. The molecule has 0 aromatic heterocycles. The van der Waals surface area contributed by atoms with Crippen LogP contribution in [0, 0.1) is 11.3 Å². The third-order valence-corrected chi connectivity index (χ3v) is 2.27. The zero-order chi connectivity index (χ0) is 13.4. The predicted octanol–water partition coefficient (Wildman–Crippen LogP) is 1.95. The predicted molar refractivity (Wildman–Crippen MR) is 65.6 cm³/mol. The van der Waals surface area contributed by atoms with Crippen molar-refractivity contribution in [1.82, 2.24) is 0 Å². The molecule has 0 amide bonds. The molecule has 5 nitrogen and oxygen atoms in total. The van der Waals surface area contributed by atoms with Crippen molar-refractivity contribution in [3.63, 3.8) is 0 Å². The van der Waals surface area contributed by atoms with Gasteiger partial charge in [0.1, 0.15) is 6.61 Å². The van der Waals surface area contributed by atoms with Gasteiger partial charge in [0, 0.05) is 20.3 Å². The summed E-state index contributed by atoms with van der Waals surface area (Å²) in [5.41, 5.74) is 0.529. The molecule has 1 aromatic rings. The van der Waals surface area contributed by atoms with E-state index < -0.39 is 6.29 Å². The van der Waals surface area contributed by atoms with Gasteiger partial charge in [-0.3, -0.25) is 0 Å². The quantitative estimate of drug-likeness (QED) is 0.693. The van der Waals surface area contributed by atoms with Crippen molar-refractivity contribution in [3.8, 4) is 17.6 Å². The Morgan fingerprint density at radius 3 is 2.44 bits per heavy atom. The van der Waals surface area contributed by atoms with E-state index in [9.17, 15) is 0 Å².